The van der Waals surface area contributed by atoms with Crippen molar-refractivity contribution in [2.24, 2.45) is 5.92 Å². The number of thiazole rings is 1. The lowest BCUT2D eigenvalue weighted by Gasteiger charge is -2.46. The molecule has 0 bridgehead atoms. The van der Waals surface area contributed by atoms with E-state index in [-0.39, 0.29) is 5.60 Å². The van der Waals surface area contributed by atoms with Crippen LogP contribution in [0.1, 0.15) is 28.4 Å². The number of likely N-dealkylation sites (tertiary alicyclic amines) is 1. The third-order valence-corrected chi connectivity index (χ3v) is 4.82. The second-order valence-electron chi connectivity index (χ2n) is 5.27. The van der Waals surface area contributed by atoms with Crippen LogP contribution in [-0.4, -0.2) is 33.7 Å². The zero-order valence-electron chi connectivity index (χ0n) is 9.86. The van der Waals surface area contributed by atoms with Gasteiger partial charge in [-0.2, -0.15) is 0 Å². The molecule has 16 heavy (non-hydrogen) atoms. The van der Waals surface area contributed by atoms with Gasteiger partial charge in [0.1, 0.15) is 5.01 Å². The summed E-state index contributed by atoms with van der Waals surface area (Å²) in [7, 11) is 0. The Morgan fingerprint density at radius 2 is 2.12 bits per heavy atom. The lowest BCUT2D eigenvalue weighted by molar-refractivity contribution is -0.116. The molecule has 1 aliphatic heterocycles. The van der Waals surface area contributed by atoms with Gasteiger partial charge in [-0.25, -0.2) is 4.98 Å². The van der Waals surface area contributed by atoms with Crippen LogP contribution in [0.5, 0.6) is 0 Å². The maximum Gasteiger partial charge on any atom is 0.107 e. The van der Waals surface area contributed by atoms with Gasteiger partial charge >= 0.3 is 0 Å². The Balaban J connectivity index is 1.57. The monoisotopic (exact) mass is 238 g/mol. The average molecular weight is 238 g/mol. The van der Waals surface area contributed by atoms with Crippen molar-refractivity contribution in [3.05, 3.63) is 15.6 Å². The van der Waals surface area contributed by atoms with Crippen LogP contribution in [0.15, 0.2) is 0 Å². The second kappa shape index (κ2) is 3.52. The number of aryl methyl sites for hydroxylation is 2. The van der Waals surface area contributed by atoms with Gasteiger partial charge in [0.15, 0.2) is 0 Å². The number of aromatic nitrogens is 1. The van der Waals surface area contributed by atoms with Gasteiger partial charge in [0.25, 0.3) is 0 Å². The maximum absolute atomic E-state index is 10.2. The summed E-state index contributed by atoms with van der Waals surface area (Å²) < 4.78 is 0. The van der Waals surface area contributed by atoms with Crippen LogP contribution >= 0.6 is 11.3 Å². The Labute approximate surface area is 100 Å². The molecular weight excluding hydrogens is 220 g/mol. The van der Waals surface area contributed by atoms with E-state index in [4.69, 9.17) is 0 Å². The van der Waals surface area contributed by atoms with Crippen LogP contribution in [0.2, 0.25) is 0 Å². The molecule has 4 heteroatoms. The Hall–Kier alpha value is -0.450. The number of hydrogen-bond donors (Lipinski definition) is 1. The summed E-state index contributed by atoms with van der Waals surface area (Å²) in [5.41, 5.74) is 0.791. The molecule has 0 amide bonds. The molecule has 0 aromatic carbocycles. The van der Waals surface area contributed by atoms with Crippen molar-refractivity contribution in [3.8, 4) is 0 Å². The summed E-state index contributed by atoms with van der Waals surface area (Å²) in [6.45, 7) is 6.78. The van der Waals surface area contributed by atoms with Crippen molar-refractivity contribution < 1.29 is 5.11 Å². The largest absolute Gasteiger partial charge is 0.387 e. The minimum Gasteiger partial charge on any atom is -0.387 e. The standard InChI is InChI=1S/C12H18N2OS/c1-8-9(2)16-11(13-8)5-14-6-12(15,7-14)10-3-4-10/h10,15H,3-7H2,1-2H3. The van der Waals surface area contributed by atoms with E-state index in [2.05, 4.69) is 23.7 Å². The first-order chi connectivity index (χ1) is 7.57. The van der Waals surface area contributed by atoms with Crippen molar-refractivity contribution in [2.75, 3.05) is 13.1 Å². The van der Waals surface area contributed by atoms with Crippen LogP contribution in [0.4, 0.5) is 0 Å². The predicted molar refractivity (Wildman–Crippen MR) is 64.5 cm³/mol. The molecular formula is C12H18N2OS. The third-order valence-electron chi connectivity index (χ3n) is 3.76. The van der Waals surface area contributed by atoms with Gasteiger partial charge < -0.3 is 5.11 Å². The van der Waals surface area contributed by atoms with E-state index in [9.17, 15) is 5.11 Å². The van der Waals surface area contributed by atoms with Crippen molar-refractivity contribution in [1.29, 1.82) is 0 Å². The molecule has 2 aliphatic rings. The van der Waals surface area contributed by atoms with Crippen LogP contribution < -0.4 is 0 Å². The molecule has 1 N–H and O–H groups in total. The molecule has 2 heterocycles. The van der Waals surface area contributed by atoms with Crippen LogP contribution in [0.25, 0.3) is 0 Å². The molecule has 0 spiro atoms. The van der Waals surface area contributed by atoms with Crippen molar-refractivity contribution in [3.63, 3.8) is 0 Å². The van der Waals surface area contributed by atoms with Crippen molar-refractivity contribution >= 4 is 11.3 Å². The summed E-state index contributed by atoms with van der Waals surface area (Å²) >= 11 is 1.78. The lowest BCUT2D eigenvalue weighted by Crippen LogP contribution is -2.62. The summed E-state index contributed by atoms with van der Waals surface area (Å²) in [5, 5.41) is 11.4. The van der Waals surface area contributed by atoms with E-state index >= 15 is 0 Å². The molecule has 0 radical (unpaired) electrons. The number of rotatable bonds is 3. The average Bonchev–Trinajstić information content (AvgIpc) is 2.93. The van der Waals surface area contributed by atoms with Gasteiger partial charge in [-0.05, 0) is 32.6 Å². The van der Waals surface area contributed by atoms with E-state index in [1.165, 1.54) is 22.7 Å². The number of aliphatic hydroxyl groups is 1. The molecule has 0 atom stereocenters. The lowest BCUT2D eigenvalue weighted by atomic mass is 9.89. The topological polar surface area (TPSA) is 36.4 Å². The van der Waals surface area contributed by atoms with Gasteiger partial charge in [0, 0.05) is 18.0 Å². The van der Waals surface area contributed by atoms with Gasteiger partial charge in [0.2, 0.25) is 0 Å². The molecule has 1 aromatic heterocycles. The highest BCUT2D eigenvalue weighted by molar-refractivity contribution is 7.11. The van der Waals surface area contributed by atoms with Gasteiger partial charge in [-0.1, -0.05) is 0 Å². The summed E-state index contributed by atoms with van der Waals surface area (Å²) in [4.78, 5) is 8.15. The molecule has 0 unspecified atom stereocenters. The van der Waals surface area contributed by atoms with Crippen molar-refractivity contribution in [1.82, 2.24) is 9.88 Å². The van der Waals surface area contributed by atoms with E-state index in [0.29, 0.717) is 5.92 Å². The molecule has 88 valence electrons. The number of β-amino-alcohol motifs (C(OH)–C–C–N with tert-alkyl or cyclic N) is 1. The fraction of sp³-hybridized carbons (Fsp3) is 0.750. The Morgan fingerprint density at radius 3 is 2.62 bits per heavy atom. The molecule has 2 fully saturated rings. The minimum atomic E-state index is -0.360. The van der Waals surface area contributed by atoms with Gasteiger partial charge in [-0.15, -0.1) is 11.3 Å². The van der Waals surface area contributed by atoms with Crippen LogP contribution in [0.3, 0.4) is 0 Å². The first-order valence-corrected chi connectivity index (χ1v) is 6.76. The second-order valence-corrected chi connectivity index (χ2v) is 6.56. The number of nitrogens with zero attached hydrogens (tertiary/aromatic N) is 2. The maximum atomic E-state index is 10.2. The van der Waals surface area contributed by atoms with Crippen LogP contribution in [0, 0.1) is 19.8 Å². The Bertz CT molecular complexity index is 386. The summed E-state index contributed by atoms with van der Waals surface area (Å²) in [6.07, 6.45) is 2.44. The zero-order valence-corrected chi connectivity index (χ0v) is 10.7. The molecule has 1 aromatic rings. The highest BCUT2D eigenvalue weighted by atomic mass is 32.1. The van der Waals surface area contributed by atoms with E-state index < -0.39 is 0 Å². The van der Waals surface area contributed by atoms with E-state index in [1.807, 2.05) is 0 Å². The van der Waals surface area contributed by atoms with Crippen LogP contribution in [-0.2, 0) is 6.54 Å². The third kappa shape index (κ3) is 1.79. The Kier molecular flexibility index (Phi) is 2.35. The smallest absolute Gasteiger partial charge is 0.107 e. The molecule has 3 rings (SSSR count). The normalized spacial score (nSPS) is 24.4. The number of hydrogen-bond acceptors (Lipinski definition) is 4. The van der Waals surface area contributed by atoms with E-state index in [0.717, 1.165) is 25.3 Å². The summed E-state index contributed by atoms with van der Waals surface area (Å²) in [5.74, 6) is 0.587. The molecule has 1 saturated heterocycles. The van der Waals surface area contributed by atoms with E-state index in [1.54, 1.807) is 11.3 Å². The molecule has 3 nitrogen and oxygen atoms in total. The summed E-state index contributed by atoms with van der Waals surface area (Å²) in [6, 6.07) is 0. The highest BCUT2D eigenvalue weighted by Gasteiger charge is 2.51. The zero-order chi connectivity index (χ0) is 11.3. The fourth-order valence-corrected chi connectivity index (χ4v) is 3.49. The quantitative estimate of drug-likeness (QED) is 0.871. The first kappa shape index (κ1) is 10.7. The minimum absolute atomic E-state index is 0.360. The molecule has 1 saturated carbocycles. The van der Waals surface area contributed by atoms with Gasteiger partial charge in [-0.3, -0.25) is 4.90 Å². The SMILES string of the molecule is Cc1nc(CN2CC(O)(C3CC3)C2)sc1C. The highest BCUT2D eigenvalue weighted by Crippen LogP contribution is 2.44. The fourth-order valence-electron chi connectivity index (χ4n) is 2.52. The van der Waals surface area contributed by atoms with Crippen molar-refractivity contribution in [2.45, 2.75) is 38.8 Å². The predicted octanol–water partition coefficient (Wildman–Crippen LogP) is 1.72. The first-order valence-electron chi connectivity index (χ1n) is 5.94. The Morgan fingerprint density at radius 1 is 1.44 bits per heavy atom. The van der Waals surface area contributed by atoms with Gasteiger partial charge in [0.05, 0.1) is 17.8 Å². The molecule has 1 aliphatic carbocycles.